The van der Waals surface area contributed by atoms with Gasteiger partial charge in [-0.15, -0.1) is 0 Å². The average molecular weight is 386 g/mol. The van der Waals surface area contributed by atoms with Gasteiger partial charge in [0.2, 0.25) is 10.0 Å². The fourth-order valence-electron chi connectivity index (χ4n) is 1.70. The van der Waals surface area contributed by atoms with E-state index in [0.717, 1.165) is 6.07 Å². The van der Waals surface area contributed by atoms with E-state index in [-0.39, 0.29) is 20.9 Å². The maximum absolute atomic E-state index is 13.1. The summed E-state index contributed by atoms with van der Waals surface area (Å²) in [4.78, 5) is 0. The van der Waals surface area contributed by atoms with E-state index >= 15 is 0 Å². The monoisotopic (exact) mass is 384 g/mol. The highest BCUT2D eigenvalue weighted by molar-refractivity contribution is 9.10. The van der Waals surface area contributed by atoms with Gasteiger partial charge < -0.3 is 5.32 Å². The molecule has 4 nitrogen and oxygen atoms in total. The Hall–Kier alpha value is -0.370. The van der Waals surface area contributed by atoms with Gasteiger partial charge in [0.1, 0.15) is 5.82 Å². The van der Waals surface area contributed by atoms with Crippen LogP contribution in [0.3, 0.4) is 0 Å². The molecule has 1 aromatic rings. The van der Waals surface area contributed by atoms with E-state index < -0.39 is 15.8 Å². The van der Waals surface area contributed by atoms with Gasteiger partial charge in [-0.2, -0.15) is 0 Å². The number of hydrogen-bond donors (Lipinski definition) is 2. The lowest BCUT2D eigenvalue weighted by Crippen LogP contribution is -2.23. The van der Waals surface area contributed by atoms with Gasteiger partial charge >= 0.3 is 0 Å². The third-order valence-electron chi connectivity index (χ3n) is 2.86. The lowest BCUT2D eigenvalue weighted by Gasteiger charge is -2.11. The second-order valence-electron chi connectivity index (χ2n) is 4.75. The van der Waals surface area contributed by atoms with Crippen molar-refractivity contribution in [2.45, 2.75) is 25.3 Å². The van der Waals surface area contributed by atoms with Crippen LogP contribution in [0, 0.1) is 5.82 Å². The SMILES string of the molecule is O=S(=O)(CCCNC1CC1)Nc1c(Cl)cc(F)cc1Br. The highest BCUT2D eigenvalue weighted by atomic mass is 79.9. The van der Waals surface area contributed by atoms with Crippen LogP contribution < -0.4 is 10.0 Å². The first kappa shape index (κ1) is 16.0. The molecule has 2 N–H and O–H groups in total. The molecule has 20 heavy (non-hydrogen) atoms. The minimum absolute atomic E-state index is 0.00708. The normalized spacial score (nSPS) is 15.3. The Morgan fingerprint density at radius 1 is 1.40 bits per heavy atom. The van der Waals surface area contributed by atoms with E-state index in [0.29, 0.717) is 19.0 Å². The molecular formula is C12H15BrClFN2O2S. The van der Waals surface area contributed by atoms with E-state index in [1.54, 1.807) is 0 Å². The Kier molecular flexibility index (Phi) is 5.28. The van der Waals surface area contributed by atoms with Gasteiger partial charge in [0, 0.05) is 10.5 Å². The minimum Gasteiger partial charge on any atom is -0.314 e. The second kappa shape index (κ2) is 6.60. The van der Waals surface area contributed by atoms with Gasteiger partial charge in [0.05, 0.1) is 16.5 Å². The van der Waals surface area contributed by atoms with Gasteiger partial charge in [-0.25, -0.2) is 12.8 Å². The Bertz CT molecular complexity index is 570. The third-order valence-corrected chi connectivity index (χ3v) is 5.13. The Morgan fingerprint density at radius 2 is 2.10 bits per heavy atom. The maximum Gasteiger partial charge on any atom is 0.232 e. The first-order valence-corrected chi connectivity index (χ1v) is 9.08. The lowest BCUT2D eigenvalue weighted by molar-refractivity contribution is 0.593. The van der Waals surface area contributed by atoms with Crippen molar-refractivity contribution in [2.24, 2.45) is 0 Å². The summed E-state index contributed by atoms with van der Waals surface area (Å²) in [5.41, 5.74) is 0.170. The summed E-state index contributed by atoms with van der Waals surface area (Å²) in [6, 6.07) is 2.79. The summed E-state index contributed by atoms with van der Waals surface area (Å²) in [7, 11) is -3.50. The van der Waals surface area contributed by atoms with E-state index in [1.807, 2.05) is 0 Å². The van der Waals surface area contributed by atoms with E-state index in [9.17, 15) is 12.8 Å². The summed E-state index contributed by atoms with van der Waals surface area (Å²) < 4.78 is 39.6. The molecule has 1 aromatic carbocycles. The van der Waals surface area contributed by atoms with Crippen LogP contribution in [-0.2, 0) is 10.0 Å². The zero-order valence-corrected chi connectivity index (χ0v) is 13.8. The molecule has 0 saturated heterocycles. The zero-order valence-electron chi connectivity index (χ0n) is 10.6. The van der Waals surface area contributed by atoms with Crippen LogP contribution in [0.2, 0.25) is 5.02 Å². The zero-order chi connectivity index (χ0) is 14.8. The predicted octanol–water partition coefficient (Wildman–Crippen LogP) is 3.13. The molecule has 0 unspecified atom stereocenters. The molecule has 0 amide bonds. The number of hydrogen-bond acceptors (Lipinski definition) is 3. The Labute approximate surface area is 131 Å². The highest BCUT2D eigenvalue weighted by Gasteiger charge is 2.20. The van der Waals surface area contributed by atoms with Crippen molar-refractivity contribution in [1.82, 2.24) is 5.32 Å². The first-order valence-electron chi connectivity index (χ1n) is 6.26. The van der Waals surface area contributed by atoms with Gasteiger partial charge in [0.25, 0.3) is 0 Å². The van der Waals surface area contributed by atoms with Crippen LogP contribution in [0.25, 0.3) is 0 Å². The summed E-state index contributed by atoms with van der Waals surface area (Å²) in [5, 5.41) is 3.27. The molecule has 0 radical (unpaired) electrons. The largest absolute Gasteiger partial charge is 0.314 e. The molecule has 0 bridgehead atoms. The van der Waals surface area contributed by atoms with Crippen LogP contribution in [0.15, 0.2) is 16.6 Å². The molecule has 1 aliphatic rings. The van der Waals surface area contributed by atoms with Crippen LogP contribution in [-0.4, -0.2) is 26.8 Å². The molecule has 0 heterocycles. The third kappa shape index (κ3) is 4.87. The van der Waals surface area contributed by atoms with Crippen LogP contribution in [0.1, 0.15) is 19.3 Å². The topological polar surface area (TPSA) is 58.2 Å². The van der Waals surface area contributed by atoms with Gasteiger partial charge in [-0.3, -0.25) is 4.72 Å². The predicted molar refractivity (Wildman–Crippen MR) is 82.2 cm³/mol. The molecule has 112 valence electrons. The van der Waals surface area contributed by atoms with Crippen molar-refractivity contribution in [3.05, 3.63) is 27.4 Å². The standard InChI is InChI=1S/C12H15BrClFN2O2S/c13-10-6-8(15)7-11(14)12(10)17-20(18,19)5-1-4-16-9-2-3-9/h6-7,9,16-17H,1-5H2. The van der Waals surface area contributed by atoms with Gasteiger partial charge in [-0.1, -0.05) is 11.6 Å². The van der Waals surface area contributed by atoms with Crippen LogP contribution in [0.5, 0.6) is 0 Å². The van der Waals surface area contributed by atoms with Crippen LogP contribution >= 0.6 is 27.5 Å². The number of anilines is 1. The van der Waals surface area contributed by atoms with Crippen molar-refractivity contribution in [1.29, 1.82) is 0 Å². The Morgan fingerprint density at radius 3 is 2.70 bits per heavy atom. The number of halogens is 3. The minimum atomic E-state index is -3.50. The van der Waals surface area contributed by atoms with Crippen molar-refractivity contribution in [3.8, 4) is 0 Å². The molecule has 0 spiro atoms. The lowest BCUT2D eigenvalue weighted by atomic mass is 10.3. The Balaban J connectivity index is 1.93. The van der Waals surface area contributed by atoms with Crippen molar-refractivity contribution in [3.63, 3.8) is 0 Å². The summed E-state index contributed by atoms with van der Waals surface area (Å²) in [6.07, 6.45) is 2.86. The summed E-state index contributed by atoms with van der Waals surface area (Å²) in [6.45, 7) is 0.671. The second-order valence-corrected chi connectivity index (χ2v) is 7.85. The molecule has 1 saturated carbocycles. The van der Waals surface area contributed by atoms with Crippen molar-refractivity contribution in [2.75, 3.05) is 17.0 Å². The van der Waals surface area contributed by atoms with Gasteiger partial charge in [-0.05, 0) is 53.9 Å². The van der Waals surface area contributed by atoms with Gasteiger partial charge in [0.15, 0.2) is 0 Å². The van der Waals surface area contributed by atoms with Crippen molar-refractivity contribution < 1.29 is 12.8 Å². The summed E-state index contributed by atoms with van der Waals surface area (Å²) in [5.74, 6) is -0.536. The average Bonchev–Trinajstić information content (AvgIpc) is 3.13. The van der Waals surface area contributed by atoms with Crippen LogP contribution in [0.4, 0.5) is 10.1 Å². The van der Waals surface area contributed by atoms with E-state index in [4.69, 9.17) is 11.6 Å². The number of nitrogens with one attached hydrogen (secondary N) is 2. The highest BCUT2D eigenvalue weighted by Crippen LogP contribution is 2.32. The van der Waals surface area contributed by atoms with E-state index in [2.05, 4.69) is 26.0 Å². The quantitative estimate of drug-likeness (QED) is 0.709. The van der Waals surface area contributed by atoms with Crippen molar-refractivity contribution >= 4 is 43.2 Å². The molecule has 0 aliphatic heterocycles. The molecule has 8 heteroatoms. The molecule has 0 aromatic heterocycles. The fourth-order valence-corrected chi connectivity index (χ4v) is 3.95. The number of sulfonamides is 1. The van der Waals surface area contributed by atoms with E-state index in [1.165, 1.54) is 18.9 Å². The molecular weight excluding hydrogens is 371 g/mol. The first-order chi connectivity index (χ1) is 9.37. The summed E-state index contributed by atoms with van der Waals surface area (Å²) >= 11 is 8.94. The molecule has 1 fully saturated rings. The molecule has 2 rings (SSSR count). The smallest absolute Gasteiger partial charge is 0.232 e. The maximum atomic E-state index is 13.1. The fraction of sp³-hybridized carbons (Fsp3) is 0.500. The number of rotatable bonds is 7. The molecule has 0 atom stereocenters. The molecule has 1 aliphatic carbocycles. The number of benzene rings is 1.